The lowest BCUT2D eigenvalue weighted by atomic mass is 9.36. The summed E-state index contributed by atoms with van der Waals surface area (Å²) in [6.45, 7) is 6.95. The third-order valence-electron chi connectivity index (χ3n) is 13.6. The van der Waals surface area contributed by atoms with Crippen LogP contribution in [0.25, 0.3) is 32.3 Å². The molecular formula is C55H39BN2S. The van der Waals surface area contributed by atoms with Crippen molar-refractivity contribution in [2.24, 2.45) is 0 Å². The Labute approximate surface area is 349 Å². The minimum Gasteiger partial charge on any atom is -0.311 e. The number of para-hydroxylation sites is 2. The molecule has 0 saturated carbocycles. The van der Waals surface area contributed by atoms with Crippen LogP contribution in [0.15, 0.2) is 182 Å². The van der Waals surface area contributed by atoms with Gasteiger partial charge in [-0.2, -0.15) is 0 Å². The molecule has 1 aromatic heterocycles. The van der Waals surface area contributed by atoms with Gasteiger partial charge in [-0.1, -0.05) is 148 Å². The van der Waals surface area contributed by atoms with Gasteiger partial charge in [-0.15, -0.1) is 11.3 Å². The van der Waals surface area contributed by atoms with Crippen molar-refractivity contribution in [2.75, 3.05) is 9.80 Å². The number of anilines is 6. The maximum absolute atomic E-state index is 2.58. The second-order valence-corrected chi connectivity index (χ2v) is 18.7. The Morgan fingerprint density at radius 2 is 1.02 bits per heavy atom. The first-order chi connectivity index (χ1) is 28.9. The molecule has 0 fully saturated rings. The molecule has 3 heterocycles. The van der Waals surface area contributed by atoms with Gasteiger partial charge in [0.25, 0.3) is 6.71 Å². The van der Waals surface area contributed by atoms with Crippen molar-refractivity contribution in [3.8, 4) is 22.3 Å². The van der Waals surface area contributed by atoms with E-state index in [0.717, 1.165) is 0 Å². The number of hydrogen-bond acceptors (Lipinski definition) is 3. The Kier molecular flexibility index (Phi) is 6.64. The summed E-state index contributed by atoms with van der Waals surface area (Å²) in [7, 11) is 0. The van der Waals surface area contributed by atoms with Crippen LogP contribution in [0, 0.1) is 0 Å². The highest BCUT2D eigenvalue weighted by atomic mass is 32.1. The van der Waals surface area contributed by atoms with Crippen molar-refractivity contribution >= 4 is 78.0 Å². The summed E-state index contributed by atoms with van der Waals surface area (Å²) in [5.41, 5.74) is 22.0. The van der Waals surface area contributed by atoms with Gasteiger partial charge in [0.2, 0.25) is 0 Å². The van der Waals surface area contributed by atoms with Crippen LogP contribution in [0.3, 0.4) is 0 Å². The van der Waals surface area contributed by atoms with Gasteiger partial charge in [0.1, 0.15) is 0 Å². The molecular weight excluding hydrogens is 731 g/mol. The summed E-state index contributed by atoms with van der Waals surface area (Å²) >= 11 is 1.99. The fraction of sp³-hybridized carbons (Fsp3) is 0.0909. The summed E-state index contributed by atoms with van der Waals surface area (Å²) < 4.78 is 2.73. The Morgan fingerprint density at radius 3 is 1.68 bits per heavy atom. The van der Waals surface area contributed by atoms with E-state index in [9.17, 15) is 0 Å². The minimum atomic E-state index is -0.381. The van der Waals surface area contributed by atoms with Crippen molar-refractivity contribution in [3.05, 3.63) is 210 Å². The zero-order valence-electron chi connectivity index (χ0n) is 33.2. The van der Waals surface area contributed by atoms with Crippen LogP contribution >= 0.6 is 11.3 Å². The Bertz CT molecular complexity index is 3180. The summed E-state index contributed by atoms with van der Waals surface area (Å²) in [5, 5.41) is 1.31. The second-order valence-electron chi connectivity index (χ2n) is 17.6. The number of nitrogens with zero attached hydrogens (tertiary/aromatic N) is 2. The van der Waals surface area contributed by atoms with Gasteiger partial charge < -0.3 is 9.80 Å². The first-order valence-electron chi connectivity index (χ1n) is 20.8. The highest BCUT2D eigenvalue weighted by molar-refractivity contribution is 7.33. The lowest BCUT2D eigenvalue weighted by Gasteiger charge is -2.43. The van der Waals surface area contributed by atoms with Crippen molar-refractivity contribution in [1.82, 2.24) is 0 Å². The van der Waals surface area contributed by atoms with Gasteiger partial charge in [-0.05, 0) is 121 Å². The van der Waals surface area contributed by atoms with Crippen LogP contribution in [0.2, 0.25) is 0 Å². The third kappa shape index (κ3) is 4.27. The monoisotopic (exact) mass is 770 g/mol. The molecule has 0 bridgehead atoms. The van der Waals surface area contributed by atoms with Crippen LogP contribution < -0.4 is 25.5 Å². The van der Waals surface area contributed by atoms with Crippen molar-refractivity contribution in [2.45, 2.75) is 31.6 Å². The van der Waals surface area contributed by atoms with Gasteiger partial charge in [0, 0.05) is 43.3 Å². The zero-order valence-corrected chi connectivity index (χ0v) is 34.0. The number of benzene rings is 8. The number of hydrogen-bond donors (Lipinski definition) is 0. The predicted molar refractivity (Wildman–Crippen MR) is 251 cm³/mol. The first-order valence-corrected chi connectivity index (χ1v) is 21.6. The topological polar surface area (TPSA) is 6.48 Å². The summed E-state index contributed by atoms with van der Waals surface area (Å²) in [5.74, 6) is 0. The normalized spacial score (nSPS) is 14.7. The summed E-state index contributed by atoms with van der Waals surface area (Å²) in [6, 6.07) is 68.9. The van der Waals surface area contributed by atoms with Crippen LogP contribution in [0.1, 0.15) is 48.6 Å². The van der Waals surface area contributed by atoms with Crippen molar-refractivity contribution < 1.29 is 0 Å². The molecule has 8 aromatic carbocycles. The summed E-state index contributed by atoms with van der Waals surface area (Å²) in [4.78, 5) is 5.07. The van der Waals surface area contributed by atoms with Crippen LogP contribution in [0.5, 0.6) is 0 Å². The van der Waals surface area contributed by atoms with Gasteiger partial charge >= 0.3 is 0 Å². The van der Waals surface area contributed by atoms with E-state index in [1.807, 2.05) is 11.3 Å². The zero-order chi connectivity index (χ0) is 39.2. The number of thiophene rings is 1. The van der Waals surface area contributed by atoms with E-state index in [4.69, 9.17) is 0 Å². The maximum Gasteiger partial charge on any atom is 0.264 e. The van der Waals surface area contributed by atoms with E-state index >= 15 is 0 Å². The third-order valence-corrected chi connectivity index (χ3v) is 14.8. The Balaban J connectivity index is 1.11. The molecule has 59 heavy (non-hydrogen) atoms. The molecule has 2 aliphatic heterocycles. The van der Waals surface area contributed by atoms with Crippen molar-refractivity contribution in [3.63, 3.8) is 0 Å². The molecule has 2 aliphatic carbocycles. The molecule has 278 valence electrons. The molecule has 0 N–H and O–H groups in total. The maximum atomic E-state index is 2.58. The molecule has 4 heteroatoms. The quantitative estimate of drug-likeness (QED) is 0.162. The van der Waals surface area contributed by atoms with E-state index in [0.29, 0.717) is 0 Å². The molecule has 0 atom stereocenters. The lowest BCUT2D eigenvalue weighted by molar-refractivity contribution is 0.590. The molecule has 0 saturated heterocycles. The Hall–Kier alpha value is -6.62. The largest absolute Gasteiger partial charge is 0.311 e. The molecule has 1 spiro atoms. The van der Waals surface area contributed by atoms with E-state index in [2.05, 4.69) is 213 Å². The molecule has 13 rings (SSSR count). The molecule has 9 aromatic rings. The standard InChI is InChI=1S/C55H39BN2S/c1-54(2,3)34-28-30-36(31-29-34)57-47-25-14-13-24-46(47)56-51-48(57)26-15-27-49(51)58(35-16-5-4-6-17-35)52-41-32-40-39-20-9-12-23-44(39)55(45(40)33-50(41)59-53(52)56)42-21-10-7-18-37(42)38-19-8-11-22-43(38)55/h4-33H,1-3H3. The van der Waals surface area contributed by atoms with Gasteiger partial charge in [-0.25, -0.2) is 0 Å². The first kappa shape index (κ1) is 33.4. The SMILES string of the molecule is CC(C)(C)c1ccc(N2c3ccccc3B3c4sc5cc6c(cc5c4N(c4ccccc4)c4cccc2c43)-c2ccccc2C62c3ccccc3-c3ccccc32)cc1. The van der Waals surface area contributed by atoms with E-state index in [1.165, 1.54) is 110 Å². The lowest BCUT2D eigenvalue weighted by Crippen LogP contribution is -2.60. The minimum absolute atomic E-state index is 0.0789. The average Bonchev–Trinajstić information content (AvgIpc) is 3.89. The van der Waals surface area contributed by atoms with Gasteiger partial charge in [0.15, 0.2) is 0 Å². The molecule has 2 nitrogen and oxygen atoms in total. The van der Waals surface area contributed by atoms with Crippen LogP contribution in [-0.4, -0.2) is 6.71 Å². The number of rotatable bonds is 2. The number of fused-ring (bicyclic) bond motifs is 16. The fourth-order valence-electron chi connectivity index (χ4n) is 11.2. The van der Waals surface area contributed by atoms with E-state index in [1.54, 1.807) is 0 Å². The molecule has 4 aliphatic rings. The average molecular weight is 771 g/mol. The van der Waals surface area contributed by atoms with Crippen LogP contribution in [0.4, 0.5) is 34.1 Å². The van der Waals surface area contributed by atoms with E-state index < -0.39 is 0 Å². The fourth-order valence-corrected chi connectivity index (χ4v) is 12.5. The molecule has 0 unspecified atom stereocenters. The predicted octanol–water partition coefficient (Wildman–Crippen LogP) is 12.6. The Morgan fingerprint density at radius 1 is 0.475 bits per heavy atom. The highest BCUT2D eigenvalue weighted by Crippen LogP contribution is 2.64. The van der Waals surface area contributed by atoms with Crippen molar-refractivity contribution in [1.29, 1.82) is 0 Å². The summed E-state index contributed by atoms with van der Waals surface area (Å²) in [6.07, 6.45) is 0. The van der Waals surface area contributed by atoms with E-state index in [-0.39, 0.29) is 17.5 Å². The van der Waals surface area contributed by atoms with Crippen LogP contribution in [-0.2, 0) is 10.8 Å². The highest BCUT2D eigenvalue weighted by Gasteiger charge is 2.52. The smallest absolute Gasteiger partial charge is 0.264 e. The second kappa shape index (κ2) is 11.7. The van der Waals surface area contributed by atoms with Gasteiger partial charge in [0.05, 0.1) is 11.1 Å². The molecule has 0 radical (unpaired) electrons. The molecule has 0 amide bonds. The van der Waals surface area contributed by atoms with Gasteiger partial charge in [-0.3, -0.25) is 0 Å².